The van der Waals surface area contributed by atoms with Crippen LogP contribution < -0.4 is 15.4 Å². The molecule has 204 valence electrons. The summed E-state index contributed by atoms with van der Waals surface area (Å²) < 4.78 is 11.2. The van der Waals surface area contributed by atoms with Crippen molar-refractivity contribution in [2.75, 3.05) is 37.9 Å². The van der Waals surface area contributed by atoms with E-state index in [0.29, 0.717) is 28.9 Å². The zero-order chi connectivity index (χ0) is 27.5. The summed E-state index contributed by atoms with van der Waals surface area (Å²) in [6.45, 7) is 8.42. The summed E-state index contributed by atoms with van der Waals surface area (Å²) in [7, 11) is 3.55. The molecule has 1 aliphatic heterocycles. The number of fused-ring (bicyclic) bond motifs is 1. The number of carbonyl (C=O) groups is 1. The maximum absolute atomic E-state index is 12.3. The number of anilines is 4. The third-order valence-electron chi connectivity index (χ3n) is 7.13. The van der Waals surface area contributed by atoms with Crippen LogP contribution in [0.4, 0.5) is 23.1 Å². The van der Waals surface area contributed by atoms with Gasteiger partial charge in [-0.05, 0) is 101 Å². The van der Waals surface area contributed by atoms with Gasteiger partial charge in [-0.1, -0.05) is 12.1 Å². The molecule has 2 aromatic carbocycles. The number of para-hydroxylation sites is 1. The summed E-state index contributed by atoms with van der Waals surface area (Å²) in [5, 5.41) is 6.71. The molecule has 0 aliphatic carbocycles. The van der Waals surface area contributed by atoms with Crippen LogP contribution in [0.2, 0.25) is 0 Å². The van der Waals surface area contributed by atoms with Crippen LogP contribution in [-0.2, 0) is 4.74 Å². The Hall–Kier alpha value is -4.11. The number of hydrogen-bond donors (Lipinski definition) is 3. The molecule has 1 fully saturated rings. The van der Waals surface area contributed by atoms with Crippen LogP contribution in [0.1, 0.15) is 54.1 Å². The van der Waals surface area contributed by atoms with E-state index in [9.17, 15) is 4.79 Å². The molecule has 1 saturated heterocycles. The predicted octanol–water partition coefficient (Wildman–Crippen LogP) is 6.14. The highest BCUT2D eigenvalue weighted by atomic mass is 16.5. The normalized spacial score (nSPS) is 14.5. The van der Waals surface area contributed by atoms with Crippen molar-refractivity contribution in [3.63, 3.8) is 0 Å². The van der Waals surface area contributed by atoms with Gasteiger partial charge in [0, 0.05) is 6.20 Å². The van der Waals surface area contributed by atoms with Gasteiger partial charge in [0.25, 0.3) is 0 Å². The number of H-pyrrole nitrogens is 1. The topological polar surface area (TPSA) is 104 Å². The molecule has 4 aromatic rings. The number of hydrogen-bond acceptors (Lipinski definition) is 8. The van der Waals surface area contributed by atoms with E-state index in [1.165, 1.54) is 18.2 Å². The second kappa shape index (κ2) is 11.3. The standard InChI is InChI=1S/C30H36N6O3/c1-18(2)39-26-17-22(20-11-14-36(4)15-12-20)19(3)16-25(26)34-30-33-24-10-13-31-27(24)28(35-30)32-23-9-7-6-8-21(23)29(37)38-5/h6-10,13,16-18,20,31H,11-12,14-15H2,1-5H3,(H2,32,33,34,35). The van der Waals surface area contributed by atoms with Crippen molar-refractivity contribution in [2.24, 2.45) is 0 Å². The number of aromatic nitrogens is 3. The molecular weight excluding hydrogens is 492 g/mol. The van der Waals surface area contributed by atoms with E-state index in [1.807, 2.05) is 38.2 Å². The Kier molecular flexibility index (Phi) is 7.70. The number of likely N-dealkylation sites (tertiary alicyclic amines) is 1. The number of rotatable bonds is 8. The van der Waals surface area contributed by atoms with E-state index >= 15 is 0 Å². The molecule has 2 aromatic heterocycles. The Balaban J connectivity index is 1.50. The molecule has 9 heteroatoms. The SMILES string of the molecule is COC(=O)c1ccccc1Nc1nc(Nc2cc(C)c(C3CCN(C)CC3)cc2OC(C)C)nc2cc[nH]c12. The number of carbonyl (C=O) groups excluding carboxylic acids is 1. The lowest BCUT2D eigenvalue weighted by atomic mass is 9.86. The van der Waals surface area contributed by atoms with Gasteiger partial charge in [0.05, 0.1) is 35.7 Å². The summed E-state index contributed by atoms with van der Waals surface area (Å²) in [6, 6.07) is 13.4. The van der Waals surface area contributed by atoms with E-state index < -0.39 is 5.97 Å². The quantitative estimate of drug-likeness (QED) is 0.234. The zero-order valence-corrected chi connectivity index (χ0v) is 23.2. The number of aromatic amines is 1. The van der Waals surface area contributed by atoms with Crippen LogP contribution in [0.25, 0.3) is 11.0 Å². The molecule has 0 bridgehead atoms. The number of nitrogens with zero attached hydrogens (tertiary/aromatic N) is 3. The van der Waals surface area contributed by atoms with Gasteiger partial charge in [-0.2, -0.15) is 4.98 Å². The Morgan fingerprint density at radius 1 is 1.08 bits per heavy atom. The number of esters is 1. The van der Waals surface area contributed by atoms with Crippen molar-refractivity contribution in [2.45, 2.75) is 45.6 Å². The minimum Gasteiger partial charge on any atom is -0.489 e. The lowest BCUT2D eigenvalue weighted by molar-refractivity contribution is 0.0602. The van der Waals surface area contributed by atoms with Gasteiger partial charge in [0.2, 0.25) is 5.95 Å². The van der Waals surface area contributed by atoms with Crippen molar-refractivity contribution in [1.82, 2.24) is 19.9 Å². The Morgan fingerprint density at radius 3 is 2.59 bits per heavy atom. The summed E-state index contributed by atoms with van der Waals surface area (Å²) in [5.41, 5.74) is 5.84. The van der Waals surface area contributed by atoms with Crippen LogP contribution in [0.5, 0.6) is 5.75 Å². The number of piperidine rings is 1. The number of nitrogens with one attached hydrogen (secondary N) is 3. The lowest BCUT2D eigenvalue weighted by Crippen LogP contribution is -2.29. The maximum Gasteiger partial charge on any atom is 0.339 e. The van der Waals surface area contributed by atoms with Gasteiger partial charge in [-0.25, -0.2) is 9.78 Å². The first kappa shape index (κ1) is 26.5. The summed E-state index contributed by atoms with van der Waals surface area (Å²) in [5.74, 6) is 1.83. The second-order valence-electron chi connectivity index (χ2n) is 10.4. The smallest absolute Gasteiger partial charge is 0.339 e. The molecule has 9 nitrogen and oxygen atoms in total. The first-order valence-corrected chi connectivity index (χ1v) is 13.4. The third-order valence-corrected chi connectivity index (χ3v) is 7.13. The molecule has 0 atom stereocenters. The largest absolute Gasteiger partial charge is 0.489 e. The average molecular weight is 529 g/mol. The fourth-order valence-corrected chi connectivity index (χ4v) is 5.13. The minimum atomic E-state index is -0.427. The molecular formula is C30H36N6O3. The van der Waals surface area contributed by atoms with E-state index in [4.69, 9.17) is 19.4 Å². The molecule has 1 aliphatic rings. The fourth-order valence-electron chi connectivity index (χ4n) is 5.13. The van der Waals surface area contributed by atoms with E-state index in [1.54, 1.807) is 12.1 Å². The van der Waals surface area contributed by atoms with Gasteiger partial charge >= 0.3 is 5.97 Å². The number of aryl methyl sites for hydroxylation is 1. The molecule has 3 heterocycles. The van der Waals surface area contributed by atoms with Crippen molar-refractivity contribution in [1.29, 1.82) is 0 Å². The van der Waals surface area contributed by atoms with Crippen molar-refractivity contribution in [3.05, 3.63) is 65.4 Å². The molecule has 0 saturated carbocycles. The summed E-state index contributed by atoms with van der Waals surface area (Å²) in [6.07, 6.45) is 4.11. The predicted molar refractivity (Wildman–Crippen MR) is 155 cm³/mol. The Labute approximate surface area is 228 Å². The number of ether oxygens (including phenoxy) is 2. The third kappa shape index (κ3) is 5.83. The highest BCUT2D eigenvalue weighted by Crippen LogP contribution is 2.38. The van der Waals surface area contributed by atoms with Gasteiger partial charge in [0.1, 0.15) is 11.3 Å². The minimum absolute atomic E-state index is 0.0127. The monoisotopic (exact) mass is 528 g/mol. The van der Waals surface area contributed by atoms with Crippen LogP contribution in [0.15, 0.2) is 48.7 Å². The Morgan fingerprint density at radius 2 is 1.85 bits per heavy atom. The Bertz CT molecular complexity index is 1470. The fraction of sp³-hybridized carbons (Fsp3) is 0.367. The van der Waals surface area contributed by atoms with E-state index in [0.717, 1.165) is 48.4 Å². The first-order valence-electron chi connectivity index (χ1n) is 13.4. The van der Waals surface area contributed by atoms with Crippen molar-refractivity contribution < 1.29 is 14.3 Å². The van der Waals surface area contributed by atoms with Crippen molar-refractivity contribution in [3.8, 4) is 5.75 Å². The molecule has 0 spiro atoms. The van der Waals surface area contributed by atoms with E-state index in [-0.39, 0.29) is 6.10 Å². The van der Waals surface area contributed by atoms with E-state index in [2.05, 4.69) is 46.6 Å². The van der Waals surface area contributed by atoms with Gasteiger partial charge in [0.15, 0.2) is 5.82 Å². The second-order valence-corrected chi connectivity index (χ2v) is 10.4. The average Bonchev–Trinajstić information content (AvgIpc) is 3.39. The van der Waals surface area contributed by atoms with Gasteiger partial charge in [-0.3, -0.25) is 0 Å². The zero-order valence-electron chi connectivity index (χ0n) is 23.2. The molecule has 5 rings (SSSR count). The maximum atomic E-state index is 12.3. The van der Waals surface area contributed by atoms with Crippen LogP contribution >= 0.6 is 0 Å². The molecule has 0 unspecified atom stereocenters. The first-order chi connectivity index (χ1) is 18.8. The molecule has 39 heavy (non-hydrogen) atoms. The van der Waals surface area contributed by atoms with Crippen LogP contribution in [0.3, 0.4) is 0 Å². The lowest BCUT2D eigenvalue weighted by Gasteiger charge is -2.30. The molecule has 3 N–H and O–H groups in total. The number of benzene rings is 2. The van der Waals surface area contributed by atoms with Crippen molar-refractivity contribution >= 4 is 40.1 Å². The summed E-state index contributed by atoms with van der Waals surface area (Å²) >= 11 is 0. The van der Waals surface area contributed by atoms with Gasteiger partial charge < -0.3 is 30.0 Å². The van der Waals surface area contributed by atoms with Crippen LogP contribution in [0, 0.1) is 6.92 Å². The number of methoxy groups -OCH3 is 1. The van der Waals surface area contributed by atoms with Crippen LogP contribution in [-0.4, -0.2) is 59.2 Å². The molecule has 0 radical (unpaired) electrons. The summed E-state index contributed by atoms with van der Waals surface area (Å²) in [4.78, 5) is 27.4. The molecule has 0 amide bonds. The highest BCUT2D eigenvalue weighted by Gasteiger charge is 2.23. The highest BCUT2D eigenvalue weighted by molar-refractivity contribution is 5.98. The van der Waals surface area contributed by atoms with Gasteiger partial charge in [-0.15, -0.1) is 0 Å².